The molecule has 1 spiro atoms. The van der Waals surface area contributed by atoms with Crippen LogP contribution in [0, 0.1) is 5.82 Å². The number of fused-ring (bicyclic) bond motifs is 1. The second-order valence-electron chi connectivity index (χ2n) is 6.39. The van der Waals surface area contributed by atoms with Crippen molar-refractivity contribution in [2.75, 3.05) is 33.5 Å². The van der Waals surface area contributed by atoms with Crippen LogP contribution in [0.3, 0.4) is 0 Å². The standard InChI is InChI=1S/C16H18FN3O4/c1-19-15(22)18-8-16(19)4-6-20(7-5-16)14(21)12-10(17)2-3-11-13(12)24-9-23-11/h2-3H,4-9H2,1H3,(H,18,22). The Morgan fingerprint density at radius 3 is 2.71 bits per heavy atom. The van der Waals surface area contributed by atoms with Gasteiger partial charge in [0, 0.05) is 26.7 Å². The van der Waals surface area contributed by atoms with Gasteiger partial charge < -0.3 is 24.6 Å². The topological polar surface area (TPSA) is 71.1 Å². The molecule has 0 aliphatic carbocycles. The fourth-order valence-electron chi connectivity index (χ4n) is 3.64. The molecule has 4 rings (SSSR count). The van der Waals surface area contributed by atoms with Gasteiger partial charge in [-0.15, -0.1) is 0 Å². The Labute approximate surface area is 138 Å². The van der Waals surface area contributed by atoms with Crippen molar-refractivity contribution in [3.63, 3.8) is 0 Å². The molecule has 2 fully saturated rings. The number of hydrogen-bond donors (Lipinski definition) is 1. The number of carbonyl (C=O) groups is 2. The number of nitrogens with one attached hydrogen (secondary N) is 1. The lowest BCUT2D eigenvalue weighted by atomic mass is 9.87. The summed E-state index contributed by atoms with van der Waals surface area (Å²) in [5.74, 6) is -0.447. The zero-order valence-corrected chi connectivity index (χ0v) is 13.3. The van der Waals surface area contributed by atoms with E-state index in [4.69, 9.17) is 9.47 Å². The lowest BCUT2D eigenvalue weighted by molar-refractivity contribution is 0.0557. The molecule has 24 heavy (non-hydrogen) atoms. The molecule has 7 nitrogen and oxygen atoms in total. The van der Waals surface area contributed by atoms with Gasteiger partial charge in [-0.1, -0.05) is 0 Å². The molecule has 0 unspecified atom stereocenters. The molecule has 0 radical (unpaired) electrons. The first-order chi connectivity index (χ1) is 11.5. The zero-order chi connectivity index (χ0) is 16.9. The summed E-state index contributed by atoms with van der Waals surface area (Å²) in [6.45, 7) is 1.49. The number of urea groups is 1. The first-order valence-electron chi connectivity index (χ1n) is 7.91. The number of piperidine rings is 1. The fraction of sp³-hybridized carbons (Fsp3) is 0.500. The third-order valence-corrected chi connectivity index (χ3v) is 5.27. The molecule has 3 aliphatic rings. The van der Waals surface area contributed by atoms with Crippen molar-refractivity contribution in [1.29, 1.82) is 0 Å². The van der Waals surface area contributed by atoms with Gasteiger partial charge in [0.05, 0.1) is 5.54 Å². The molecular formula is C16H18FN3O4. The first kappa shape index (κ1) is 15.0. The third kappa shape index (κ3) is 2.09. The van der Waals surface area contributed by atoms with Crippen molar-refractivity contribution in [3.8, 4) is 11.5 Å². The monoisotopic (exact) mass is 335 g/mol. The highest BCUT2D eigenvalue weighted by atomic mass is 19.1. The van der Waals surface area contributed by atoms with E-state index in [9.17, 15) is 14.0 Å². The van der Waals surface area contributed by atoms with E-state index in [0.717, 1.165) is 0 Å². The van der Waals surface area contributed by atoms with Gasteiger partial charge in [-0.25, -0.2) is 9.18 Å². The summed E-state index contributed by atoms with van der Waals surface area (Å²) < 4.78 is 24.7. The summed E-state index contributed by atoms with van der Waals surface area (Å²) in [6, 6.07) is 2.59. The van der Waals surface area contributed by atoms with Crippen molar-refractivity contribution < 1.29 is 23.5 Å². The summed E-state index contributed by atoms with van der Waals surface area (Å²) in [4.78, 5) is 27.8. The molecule has 1 aromatic rings. The molecule has 1 aromatic carbocycles. The van der Waals surface area contributed by atoms with E-state index in [2.05, 4.69) is 5.32 Å². The maximum Gasteiger partial charge on any atom is 0.317 e. The van der Waals surface area contributed by atoms with Crippen molar-refractivity contribution in [3.05, 3.63) is 23.5 Å². The summed E-state index contributed by atoms with van der Waals surface area (Å²) in [7, 11) is 1.77. The predicted molar refractivity (Wildman–Crippen MR) is 81.6 cm³/mol. The van der Waals surface area contributed by atoms with Crippen molar-refractivity contribution in [2.45, 2.75) is 18.4 Å². The van der Waals surface area contributed by atoms with Crippen LogP contribution in [0.15, 0.2) is 12.1 Å². The summed E-state index contributed by atoms with van der Waals surface area (Å²) in [5, 5.41) is 2.84. The van der Waals surface area contributed by atoms with Crippen molar-refractivity contribution in [1.82, 2.24) is 15.1 Å². The molecule has 3 heterocycles. The van der Waals surface area contributed by atoms with Gasteiger partial charge in [-0.05, 0) is 25.0 Å². The first-order valence-corrected chi connectivity index (χ1v) is 7.91. The van der Waals surface area contributed by atoms with Crippen LogP contribution in [-0.4, -0.2) is 60.8 Å². The number of nitrogens with zero attached hydrogens (tertiary/aromatic N) is 2. The molecule has 3 aliphatic heterocycles. The van der Waals surface area contributed by atoms with Crippen molar-refractivity contribution in [2.24, 2.45) is 0 Å². The smallest absolute Gasteiger partial charge is 0.317 e. The van der Waals surface area contributed by atoms with Crippen LogP contribution in [-0.2, 0) is 0 Å². The number of halogens is 1. The number of likely N-dealkylation sites (tertiary alicyclic amines) is 1. The van der Waals surface area contributed by atoms with E-state index in [-0.39, 0.29) is 29.7 Å². The molecule has 3 amide bonds. The normalized spacial score (nSPS) is 21.3. The minimum absolute atomic E-state index is 0.0131. The highest BCUT2D eigenvalue weighted by molar-refractivity contribution is 5.98. The Morgan fingerprint density at radius 2 is 2.04 bits per heavy atom. The van der Waals surface area contributed by atoms with Gasteiger partial charge in [0.15, 0.2) is 11.5 Å². The lowest BCUT2D eigenvalue weighted by Crippen LogP contribution is -2.54. The van der Waals surface area contributed by atoms with Crippen LogP contribution in [0.5, 0.6) is 11.5 Å². The van der Waals surface area contributed by atoms with E-state index >= 15 is 0 Å². The largest absolute Gasteiger partial charge is 0.454 e. The number of ether oxygens (including phenoxy) is 2. The number of hydrogen-bond acceptors (Lipinski definition) is 4. The maximum atomic E-state index is 14.2. The number of amides is 3. The highest BCUT2D eigenvalue weighted by Gasteiger charge is 2.46. The van der Waals surface area contributed by atoms with Gasteiger partial charge in [0.1, 0.15) is 11.4 Å². The molecular weight excluding hydrogens is 317 g/mol. The quantitative estimate of drug-likeness (QED) is 0.837. The Balaban J connectivity index is 1.54. The zero-order valence-electron chi connectivity index (χ0n) is 13.3. The molecule has 8 heteroatoms. The third-order valence-electron chi connectivity index (χ3n) is 5.27. The average Bonchev–Trinajstić information content (AvgIpc) is 3.16. The molecule has 0 aromatic heterocycles. The van der Waals surface area contributed by atoms with Crippen LogP contribution in [0.4, 0.5) is 9.18 Å². The Hall–Kier alpha value is -2.51. The van der Waals surface area contributed by atoms with Crippen molar-refractivity contribution >= 4 is 11.9 Å². The molecule has 128 valence electrons. The van der Waals surface area contributed by atoms with E-state index in [1.54, 1.807) is 16.8 Å². The van der Waals surface area contributed by atoms with Crippen LogP contribution < -0.4 is 14.8 Å². The van der Waals surface area contributed by atoms with Gasteiger partial charge in [0.2, 0.25) is 6.79 Å². The van der Waals surface area contributed by atoms with Crippen LogP contribution in [0.25, 0.3) is 0 Å². The summed E-state index contributed by atoms with van der Waals surface area (Å²) in [5.41, 5.74) is -0.333. The molecule has 0 saturated carbocycles. The minimum atomic E-state index is -0.612. The number of carbonyl (C=O) groups excluding carboxylic acids is 2. The summed E-state index contributed by atoms with van der Waals surface area (Å²) in [6.07, 6.45) is 1.31. The molecule has 0 bridgehead atoms. The Kier molecular flexibility index (Phi) is 3.29. The van der Waals surface area contributed by atoms with E-state index in [1.165, 1.54) is 12.1 Å². The maximum absolute atomic E-state index is 14.2. The van der Waals surface area contributed by atoms with Gasteiger partial charge >= 0.3 is 6.03 Å². The van der Waals surface area contributed by atoms with E-state index in [1.807, 2.05) is 0 Å². The number of benzene rings is 1. The SMILES string of the molecule is CN1C(=O)NCC12CCN(C(=O)c1c(F)ccc3c1OCO3)CC2. The molecule has 1 N–H and O–H groups in total. The average molecular weight is 335 g/mol. The van der Waals surface area contributed by atoms with Crippen LogP contribution >= 0.6 is 0 Å². The second kappa shape index (κ2) is 5.25. The van der Waals surface area contributed by atoms with Crippen LogP contribution in [0.1, 0.15) is 23.2 Å². The highest BCUT2D eigenvalue weighted by Crippen LogP contribution is 2.39. The van der Waals surface area contributed by atoms with E-state index in [0.29, 0.717) is 38.2 Å². The lowest BCUT2D eigenvalue weighted by Gasteiger charge is -2.42. The fourth-order valence-corrected chi connectivity index (χ4v) is 3.64. The van der Waals surface area contributed by atoms with E-state index < -0.39 is 11.7 Å². The van der Waals surface area contributed by atoms with Gasteiger partial charge in [0.25, 0.3) is 5.91 Å². The predicted octanol–water partition coefficient (Wildman–Crippen LogP) is 1.18. The van der Waals surface area contributed by atoms with Crippen LogP contribution in [0.2, 0.25) is 0 Å². The summed E-state index contributed by atoms with van der Waals surface area (Å²) >= 11 is 0. The molecule has 0 atom stereocenters. The van der Waals surface area contributed by atoms with Gasteiger partial charge in [-0.2, -0.15) is 0 Å². The second-order valence-corrected chi connectivity index (χ2v) is 6.39. The van der Waals surface area contributed by atoms with Gasteiger partial charge in [-0.3, -0.25) is 4.79 Å². The molecule has 2 saturated heterocycles. The Bertz CT molecular complexity index is 716. The minimum Gasteiger partial charge on any atom is -0.454 e. The number of likely N-dealkylation sites (N-methyl/N-ethyl adjacent to an activating group) is 1. The number of rotatable bonds is 1. The Morgan fingerprint density at radius 1 is 1.29 bits per heavy atom.